The highest BCUT2D eigenvalue weighted by Gasteiger charge is 2.13. The maximum absolute atomic E-state index is 11.2. The van der Waals surface area contributed by atoms with Gasteiger partial charge in [0.1, 0.15) is 6.33 Å². The van der Waals surface area contributed by atoms with Gasteiger partial charge in [0, 0.05) is 17.6 Å². The van der Waals surface area contributed by atoms with Crippen molar-refractivity contribution in [3.05, 3.63) is 24.5 Å². The molecule has 1 heterocycles. The molecule has 0 N–H and O–H groups in total. The number of carbonyl (C=O) groups excluding carboxylic acids is 1. The Kier molecular flexibility index (Phi) is 2.47. The van der Waals surface area contributed by atoms with Crippen LogP contribution in [-0.2, 0) is 9.05 Å². The first-order valence-electron chi connectivity index (χ1n) is 4.32. The van der Waals surface area contributed by atoms with Crippen molar-refractivity contribution in [2.45, 2.75) is 11.8 Å². The molecule has 0 radical (unpaired) electrons. The Labute approximate surface area is 96.1 Å². The fraction of sp³-hybridized carbons (Fsp3) is 0.111. The second kappa shape index (κ2) is 3.57. The van der Waals surface area contributed by atoms with Crippen LogP contribution in [0.3, 0.4) is 0 Å². The Morgan fingerprint density at radius 2 is 2.12 bits per heavy atom. The second-order valence-electron chi connectivity index (χ2n) is 3.22. The first-order chi connectivity index (χ1) is 7.39. The summed E-state index contributed by atoms with van der Waals surface area (Å²) in [5, 5.41) is 0. The van der Waals surface area contributed by atoms with E-state index >= 15 is 0 Å². The van der Waals surface area contributed by atoms with E-state index in [-0.39, 0.29) is 10.8 Å². The van der Waals surface area contributed by atoms with Gasteiger partial charge in [0.05, 0.1) is 15.9 Å². The van der Waals surface area contributed by atoms with Crippen molar-refractivity contribution in [3.63, 3.8) is 0 Å². The molecule has 0 aliphatic heterocycles. The summed E-state index contributed by atoms with van der Waals surface area (Å²) in [6, 6.07) is 4.17. The number of benzene rings is 1. The SMILES string of the molecule is CC(=O)n1cnc2cc(S(=O)(=O)Cl)ccc21. The van der Waals surface area contributed by atoms with Crippen molar-refractivity contribution in [2.75, 3.05) is 0 Å². The third-order valence-corrected chi connectivity index (χ3v) is 3.49. The van der Waals surface area contributed by atoms with Gasteiger partial charge in [0.2, 0.25) is 5.91 Å². The van der Waals surface area contributed by atoms with E-state index in [1.807, 2.05) is 0 Å². The summed E-state index contributed by atoms with van der Waals surface area (Å²) in [7, 11) is 1.43. The minimum absolute atomic E-state index is 0.0320. The molecule has 0 spiro atoms. The van der Waals surface area contributed by atoms with E-state index in [1.54, 1.807) is 0 Å². The lowest BCUT2D eigenvalue weighted by Gasteiger charge is -1.98. The van der Waals surface area contributed by atoms with E-state index in [2.05, 4.69) is 4.98 Å². The number of hydrogen-bond acceptors (Lipinski definition) is 4. The standard InChI is InChI=1S/C9H7ClN2O3S/c1-6(13)12-5-11-8-4-7(16(10,14)15)2-3-9(8)12/h2-5H,1H3. The number of carbonyl (C=O) groups is 1. The third kappa shape index (κ3) is 1.81. The molecule has 0 unspecified atom stereocenters. The summed E-state index contributed by atoms with van der Waals surface area (Å²) >= 11 is 0. The molecule has 0 saturated heterocycles. The zero-order valence-electron chi connectivity index (χ0n) is 8.21. The lowest BCUT2D eigenvalue weighted by molar-refractivity contribution is 0.0941. The molecule has 16 heavy (non-hydrogen) atoms. The molecule has 0 bridgehead atoms. The van der Waals surface area contributed by atoms with Crippen LogP contribution in [0.1, 0.15) is 11.7 Å². The molecular weight excluding hydrogens is 252 g/mol. The van der Waals surface area contributed by atoms with Crippen molar-refractivity contribution < 1.29 is 13.2 Å². The molecule has 0 amide bonds. The molecule has 2 aromatic rings. The van der Waals surface area contributed by atoms with Gasteiger partial charge in [0.15, 0.2) is 0 Å². The molecule has 1 aromatic carbocycles. The van der Waals surface area contributed by atoms with Gasteiger partial charge >= 0.3 is 0 Å². The fourth-order valence-corrected chi connectivity index (χ4v) is 2.17. The van der Waals surface area contributed by atoms with Gasteiger partial charge in [-0.15, -0.1) is 0 Å². The number of aromatic nitrogens is 2. The first kappa shape index (κ1) is 11.1. The van der Waals surface area contributed by atoms with Crippen LogP contribution in [0.25, 0.3) is 11.0 Å². The van der Waals surface area contributed by atoms with Crippen LogP contribution in [-0.4, -0.2) is 23.9 Å². The van der Waals surface area contributed by atoms with Crippen LogP contribution in [0.2, 0.25) is 0 Å². The normalized spacial score (nSPS) is 11.9. The summed E-state index contributed by atoms with van der Waals surface area (Å²) in [4.78, 5) is 15.1. The Morgan fingerprint density at radius 1 is 1.44 bits per heavy atom. The molecule has 0 atom stereocenters. The molecule has 2 rings (SSSR count). The van der Waals surface area contributed by atoms with Crippen molar-refractivity contribution in [1.82, 2.24) is 9.55 Å². The van der Waals surface area contributed by atoms with Crippen LogP contribution in [0.5, 0.6) is 0 Å². The van der Waals surface area contributed by atoms with Crippen LogP contribution >= 0.6 is 10.7 Å². The maximum Gasteiger partial charge on any atom is 0.261 e. The number of nitrogens with zero attached hydrogens (tertiary/aromatic N) is 2. The highest BCUT2D eigenvalue weighted by atomic mass is 35.7. The van der Waals surface area contributed by atoms with E-state index in [9.17, 15) is 13.2 Å². The van der Waals surface area contributed by atoms with Gasteiger partial charge in [-0.1, -0.05) is 0 Å². The average molecular weight is 259 g/mol. The smallest absolute Gasteiger partial charge is 0.261 e. The highest BCUT2D eigenvalue weighted by molar-refractivity contribution is 8.13. The highest BCUT2D eigenvalue weighted by Crippen LogP contribution is 2.20. The molecule has 0 fully saturated rings. The predicted octanol–water partition coefficient (Wildman–Crippen LogP) is 1.62. The Morgan fingerprint density at radius 3 is 2.69 bits per heavy atom. The molecular formula is C9H7ClN2O3S. The number of rotatable bonds is 1. The number of imidazole rings is 1. The molecule has 7 heteroatoms. The first-order valence-corrected chi connectivity index (χ1v) is 6.63. The summed E-state index contributed by atoms with van der Waals surface area (Å²) in [5.41, 5.74) is 0.966. The second-order valence-corrected chi connectivity index (χ2v) is 5.79. The minimum Gasteiger partial charge on any atom is -0.274 e. The Bertz CT molecular complexity index is 675. The quantitative estimate of drug-likeness (QED) is 0.729. The van der Waals surface area contributed by atoms with Crippen LogP contribution in [0.15, 0.2) is 29.4 Å². The Hall–Kier alpha value is -1.40. The van der Waals surface area contributed by atoms with Gasteiger partial charge < -0.3 is 0 Å². The number of halogens is 1. The van der Waals surface area contributed by atoms with Gasteiger partial charge in [0.25, 0.3) is 9.05 Å². The fourth-order valence-electron chi connectivity index (χ4n) is 1.40. The van der Waals surface area contributed by atoms with Crippen molar-refractivity contribution in [2.24, 2.45) is 0 Å². The van der Waals surface area contributed by atoms with Crippen molar-refractivity contribution in [3.8, 4) is 0 Å². The van der Waals surface area contributed by atoms with Crippen molar-refractivity contribution >= 4 is 36.7 Å². The van der Waals surface area contributed by atoms with E-state index < -0.39 is 9.05 Å². The van der Waals surface area contributed by atoms with Gasteiger partial charge in [-0.2, -0.15) is 0 Å². The number of hydrogen-bond donors (Lipinski definition) is 0. The van der Waals surface area contributed by atoms with E-state index in [0.29, 0.717) is 11.0 Å². The molecule has 0 aliphatic rings. The summed E-state index contributed by atoms with van der Waals surface area (Å²) in [5.74, 6) is -0.191. The lowest BCUT2D eigenvalue weighted by atomic mass is 10.3. The van der Waals surface area contributed by atoms with Crippen LogP contribution in [0.4, 0.5) is 0 Å². The monoisotopic (exact) mass is 258 g/mol. The topological polar surface area (TPSA) is 69.0 Å². The zero-order chi connectivity index (χ0) is 11.9. The Balaban J connectivity index is 2.71. The van der Waals surface area contributed by atoms with E-state index in [1.165, 1.54) is 36.0 Å². The molecule has 1 aromatic heterocycles. The minimum atomic E-state index is -3.77. The third-order valence-electron chi connectivity index (χ3n) is 2.14. The summed E-state index contributed by atoms with van der Waals surface area (Å²) in [6.07, 6.45) is 1.34. The van der Waals surface area contributed by atoms with Crippen LogP contribution < -0.4 is 0 Å². The van der Waals surface area contributed by atoms with Gasteiger partial charge in [-0.3, -0.25) is 9.36 Å². The van der Waals surface area contributed by atoms with E-state index in [0.717, 1.165) is 0 Å². The molecule has 5 nitrogen and oxygen atoms in total. The summed E-state index contributed by atoms with van der Waals surface area (Å²) in [6.45, 7) is 1.40. The molecule has 0 saturated carbocycles. The lowest BCUT2D eigenvalue weighted by Crippen LogP contribution is -2.03. The predicted molar refractivity (Wildman–Crippen MR) is 59.1 cm³/mol. The molecule has 0 aliphatic carbocycles. The average Bonchev–Trinajstić information content (AvgIpc) is 2.58. The van der Waals surface area contributed by atoms with Crippen molar-refractivity contribution in [1.29, 1.82) is 0 Å². The summed E-state index contributed by atoms with van der Waals surface area (Å²) < 4.78 is 23.5. The molecule has 84 valence electrons. The van der Waals surface area contributed by atoms with Crippen LogP contribution in [0, 0.1) is 0 Å². The number of fused-ring (bicyclic) bond motifs is 1. The van der Waals surface area contributed by atoms with E-state index in [4.69, 9.17) is 10.7 Å². The maximum atomic E-state index is 11.2. The largest absolute Gasteiger partial charge is 0.274 e. The van der Waals surface area contributed by atoms with Gasteiger partial charge in [-0.25, -0.2) is 13.4 Å². The zero-order valence-corrected chi connectivity index (χ0v) is 9.79. The van der Waals surface area contributed by atoms with Gasteiger partial charge in [-0.05, 0) is 18.2 Å².